The van der Waals surface area contributed by atoms with Gasteiger partial charge in [0.2, 0.25) is 0 Å². The van der Waals surface area contributed by atoms with E-state index in [2.05, 4.69) is 5.32 Å². The molecule has 6 heteroatoms. The second-order valence-electron chi connectivity index (χ2n) is 5.84. The molecule has 2 heterocycles. The Morgan fingerprint density at radius 3 is 2.19 bits per heavy atom. The fourth-order valence-corrected chi connectivity index (χ4v) is 3.92. The zero-order valence-electron chi connectivity index (χ0n) is 11.8. The SMILES string of the molecule is CN(C(=O)c1cc(Cl)cc(Cl)c1)C1CC2CCC(C1)N2.Cl. The van der Waals surface area contributed by atoms with Gasteiger partial charge in [0.1, 0.15) is 0 Å². The van der Waals surface area contributed by atoms with Crippen molar-refractivity contribution in [2.75, 3.05) is 7.05 Å². The Bertz CT molecular complexity index is 505. The summed E-state index contributed by atoms with van der Waals surface area (Å²) < 4.78 is 0. The van der Waals surface area contributed by atoms with Crippen LogP contribution in [0.2, 0.25) is 10.0 Å². The predicted molar refractivity (Wildman–Crippen MR) is 88.8 cm³/mol. The first-order chi connectivity index (χ1) is 9.52. The van der Waals surface area contributed by atoms with Crippen molar-refractivity contribution < 1.29 is 4.79 Å². The molecule has 3 nitrogen and oxygen atoms in total. The van der Waals surface area contributed by atoms with Gasteiger partial charge in [0.25, 0.3) is 5.91 Å². The summed E-state index contributed by atoms with van der Waals surface area (Å²) in [5, 5.41) is 4.59. The van der Waals surface area contributed by atoms with Crippen molar-refractivity contribution in [1.29, 1.82) is 0 Å². The van der Waals surface area contributed by atoms with Crippen LogP contribution in [0.1, 0.15) is 36.0 Å². The summed E-state index contributed by atoms with van der Waals surface area (Å²) >= 11 is 12.0. The highest BCUT2D eigenvalue weighted by molar-refractivity contribution is 6.35. The maximum Gasteiger partial charge on any atom is 0.253 e. The highest BCUT2D eigenvalue weighted by Crippen LogP contribution is 2.30. The highest BCUT2D eigenvalue weighted by atomic mass is 35.5. The molecule has 2 aliphatic rings. The van der Waals surface area contributed by atoms with Gasteiger partial charge in [0.05, 0.1) is 0 Å². The minimum Gasteiger partial charge on any atom is -0.339 e. The molecule has 116 valence electrons. The first-order valence-corrected chi connectivity index (χ1v) is 7.78. The zero-order chi connectivity index (χ0) is 14.3. The van der Waals surface area contributed by atoms with Crippen LogP contribution >= 0.6 is 35.6 Å². The molecule has 0 aromatic heterocycles. The molecule has 2 aliphatic heterocycles. The van der Waals surface area contributed by atoms with Gasteiger partial charge in [-0.2, -0.15) is 0 Å². The van der Waals surface area contributed by atoms with Crippen LogP contribution in [-0.2, 0) is 0 Å². The lowest BCUT2D eigenvalue weighted by molar-refractivity contribution is 0.0681. The van der Waals surface area contributed by atoms with Crippen molar-refractivity contribution in [2.45, 2.75) is 43.8 Å². The minimum absolute atomic E-state index is 0. The number of carbonyl (C=O) groups excluding carboxylic acids is 1. The van der Waals surface area contributed by atoms with Crippen molar-refractivity contribution in [3.63, 3.8) is 0 Å². The number of halogens is 3. The van der Waals surface area contributed by atoms with Gasteiger partial charge >= 0.3 is 0 Å². The van der Waals surface area contributed by atoms with Crippen LogP contribution < -0.4 is 5.32 Å². The predicted octanol–water partition coefficient (Wildman–Crippen LogP) is 3.77. The summed E-state index contributed by atoms with van der Waals surface area (Å²) in [4.78, 5) is 14.4. The van der Waals surface area contributed by atoms with Crippen LogP contribution in [0.4, 0.5) is 0 Å². The van der Waals surface area contributed by atoms with Gasteiger partial charge in [-0.25, -0.2) is 0 Å². The van der Waals surface area contributed by atoms with Crippen LogP contribution in [0.5, 0.6) is 0 Å². The molecule has 1 aromatic rings. The Morgan fingerprint density at radius 1 is 1.14 bits per heavy atom. The summed E-state index contributed by atoms with van der Waals surface area (Å²) in [5.74, 6) is 0.000648. The third kappa shape index (κ3) is 3.65. The summed E-state index contributed by atoms with van der Waals surface area (Å²) in [6.45, 7) is 0. The van der Waals surface area contributed by atoms with E-state index >= 15 is 0 Å². The molecule has 2 atom stereocenters. The number of hydrogen-bond acceptors (Lipinski definition) is 2. The zero-order valence-corrected chi connectivity index (χ0v) is 14.1. The monoisotopic (exact) mass is 348 g/mol. The Hall–Kier alpha value is -0.480. The molecule has 2 unspecified atom stereocenters. The molecule has 3 rings (SSSR count). The number of piperidine rings is 1. The third-order valence-electron chi connectivity index (χ3n) is 4.43. The summed E-state index contributed by atoms with van der Waals surface area (Å²) in [6, 6.07) is 6.45. The third-order valence-corrected chi connectivity index (χ3v) is 4.86. The summed E-state index contributed by atoms with van der Waals surface area (Å²) in [5.41, 5.74) is 0.566. The second kappa shape index (κ2) is 6.74. The molecule has 2 saturated heterocycles. The number of rotatable bonds is 2. The summed E-state index contributed by atoms with van der Waals surface area (Å²) in [7, 11) is 1.88. The lowest BCUT2D eigenvalue weighted by Gasteiger charge is -2.35. The lowest BCUT2D eigenvalue weighted by atomic mass is 9.98. The number of hydrogen-bond donors (Lipinski definition) is 1. The quantitative estimate of drug-likeness (QED) is 0.881. The van der Waals surface area contributed by atoms with Gasteiger partial charge in [-0.15, -0.1) is 12.4 Å². The molecular formula is C15H19Cl3N2O. The van der Waals surface area contributed by atoms with E-state index in [1.165, 1.54) is 12.8 Å². The molecule has 1 amide bonds. The van der Waals surface area contributed by atoms with E-state index in [1.54, 1.807) is 18.2 Å². The molecule has 2 bridgehead atoms. The van der Waals surface area contributed by atoms with E-state index in [0.717, 1.165) is 12.8 Å². The Balaban J connectivity index is 0.00000161. The van der Waals surface area contributed by atoms with Gasteiger partial charge in [0, 0.05) is 40.8 Å². The smallest absolute Gasteiger partial charge is 0.253 e. The average molecular weight is 350 g/mol. The number of carbonyl (C=O) groups is 1. The van der Waals surface area contributed by atoms with E-state index in [-0.39, 0.29) is 18.3 Å². The number of benzene rings is 1. The first kappa shape index (κ1) is 16.9. The molecule has 21 heavy (non-hydrogen) atoms. The molecule has 2 fully saturated rings. The summed E-state index contributed by atoms with van der Waals surface area (Å²) in [6.07, 6.45) is 4.53. The van der Waals surface area contributed by atoms with E-state index in [0.29, 0.717) is 33.7 Å². The average Bonchev–Trinajstić information content (AvgIpc) is 2.74. The minimum atomic E-state index is 0. The van der Waals surface area contributed by atoms with Crippen LogP contribution in [-0.4, -0.2) is 36.0 Å². The van der Waals surface area contributed by atoms with E-state index in [9.17, 15) is 4.79 Å². The second-order valence-corrected chi connectivity index (χ2v) is 6.71. The fourth-order valence-electron chi connectivity index (χ4n) is 3.39. The van der Waals surface area contributed by atoms with Gasteiger partial charge in [-0.1, -0.05) is 23.2 Å². The fraction of sp³-hybridized carbons (Fsp3) is 0.533. The van der Waals surface area contributed by atoms with Crippen molar-refractivity contribution in [3.05, 3.63) is 33.8 Å². The molecule has 0 saturated carbocycles. The van der Waals surface area contributed by atoms with Crippen LogP contribution in [0.25, 0.3) is 0 Å². The molecular weight excluding hydrogens is 331 g/mol. The number of fused-ring (bicyclic) bond motifs is 2. The lowest BCUT2D eigenvalue weighted by Crippen LogP contribution is -2.48. The molecule has 0 aliphatic carbocycles. The molecule has 0 spiro atoms. The van der Waals surface area contributed by atoms with Gasteiger partial charge in [-0.05, 0) is 43.9 Å². The van der Waals surface area contributed by atoms with Gasteiger partial charge < -0.3 is 10.2 Å². The van der Waals surface area contributed by atoms with Gasteiger partial charge in [-0.3, -0.25) is 4.79 Å². The first-order valence-electron chi connectivity index (χ1n) is 7.02. The molecule has 1 N–H and O–H groups in total. The highest BCUT2D eigenvalue weighted by Gasteiger charge is 2.36. The topological polar surface area (TPSA) is 32.3 Å². The molecule has 0 radical (unpaired) electrons. The largest absolute Gasteiger partial charge is 0.339 e. The maximum absolute atomic E-state index is 12.6. The van der Waals surface area contributed by atoms with Crippen molar-refractivity contribution >= 4 is 41.5 Å². The van der Waals surface area contributed by atoms with E-state index < -0.39 is 0 Å². The number of nitrogens with one attached hydrogen (secondary N) is 1. The van der Waals surface area contributed by atoms with Crippen LogP contribution in [0.3, 0.4) is 0 Å². The van der Waals surface area contributed by atoms with Gasteiger partial charge in [0.15, 0.2) is 0 Å². The molecule has 1 aromatic carbocycles. The van der Waals surface area contributed by atoms with Crippen molar-refractivity contribution in [3.8, 4) is 0 Å². The Morgan fingerprint density at radius 2 is 1.67 bits per heavy atom. The Kier molecular flexibility index (Phi) is 5.42. The van der Waals surface area contributed by atoms with E-state index in [4.69, 9.17) is 23.2 Å². The normalized spacial score (nSPS) is 27.1. The maximum atomic E-state index is 12.6. The van der Waals surface area contributed by atoms with Crippen molar-refractivity contribution in [1.82, 2.24) is 10.2 Å². The van der Waals surface area contributed by atoms with Crippen molar-refractivity contribution in [2.24, 2.45) is 0 Å². The van der Waals surface area contributed by atoms with E-state index in [1.807, 2.05) is 11.9 Å². The number of nitrogens with zero attached hydrogens (tertiary/aromatic N) is 1. The Labute approximate surface area is 141 Å². The standard InChI is InChI=1S/C15H18Cl2N2O.ClH/c1-19(14-7-12-2-3-13(8-14)18-12)15(20)9-4-10(16)6-11(17)5-9;/h4-6,12-14,18H,2-3,7-8H2,1H3;1H. The number of amides is 1. The van der Waals surface area contributed by atoms with Crippen LogP contribution in [0.15, 0.2) is 18.2 Å². The van der Waals surface area contributed by atoms with Crippen LogP contribution in [0, 0.1) is 0 Å².